The first-order valence-electron chi connectivity index (χ1n) is 6.74. The monoisotopic (exact) mass is 303 g/mol. The average Bonchev–Trinajstić information content (AvgIpc) is 2.99. The molecule has 1 aromatic heterocycles. The number of hydrogen-bond donors (Lipinski definition) is 2. The van der Waals surface area contributed by atoms with E-state index in [1.165, 1.54) is 11.3 Å². The fraction of sp³-hybridized carbons (Fsp3) is 0.267. The first kappa shape index (κ1) is 15.2. The van der Waals surface area contributed by atoms with E-state index in [1.807, 2.05) is 31.2 Å². The Balaban J connectivity index is 1.92. The molecule has 0 atom stereocenters. The van der Waals surface area contributed by atoms with Gasteiger partial charge in [0.15, 0.2) is 0 Å². The van der Waals surface area contributed by atoms with Crippen LogP contribution in [0.1, 0.15) is 35.8 Å². The van der Waals surface area contributed by atoms with Crippen molar-refractivity contribution in [1.29, 1.82) is 0 Å². The summed E-state index contributed by atoms with van der Waals surface area (Å²) in [7, 11) is 0. The van der Waals surface area contributed by atoms with Crippen molar-refractivity contribution in [2.24, 2.45) is 0 Å². The van der Waals surface area contributed by atoms with E-state index in [9.17, 15) is 9.59 Å². The van der Waals surface area contributed by atoms with Gasteiger partial charge in [-0.05, 0) is 24.1 Å². The van der Waals surface area contributed by atoms with E-state index in [-0.39, 0.29) is 11.8 Å². The maximum Gasteiger partial charge on any atom is 0.271 e. The van der Waals surface area contributed by atoms with E-state index in [1.54, 1.807) is 10.9 Å². The van der Waals surface area contributed by atoms with Crippen molar-refractivity contribution < 1.29 is 9.59 Å². The molecule has 0 radical (unpaired) electrons. The second kappa shape index (κ2) is 7.54. The first-order valence-corrected chi connectivity index (χ1v) is 7.68. The molecule has 6 heteroatoms. The van der Waals surface area contributed by atoms with E-state index >= 15 is 0 Å². The number of carbonyl (C=O) groups excluding carboxylic acids is 2. The lowest BCUT2D eigenvalue weighted by atomic mass is 10.2. The topological polar surface area (TPSA) is 71.1 Å². The van der Waals surface area contributed by atoms with Gasteiger partial charge in [0.05, 0.1) is 5.51 Å². The number of nitrogens with zero attached hydrogens (tertiary/aromatic N) is 1. The van der Waals surface area contributed by atoms with E-state index in [4.69, 9.17) is 0 Å². The minimum atomic E-state index is -0.198. The number of amides is 2. The van der Waals surface area contributed by atoms with Gasteiger partial charge in [0.2, 0.25) is 5.91 Å². The van der Waals surface area contributed by atoms with Crippen LogP contribution in [0.3, 0.4) is 0 Å². The lowest BCUT2D eigenvalue weighted by molar-refractivity contribution is -0.116. The van der Waals surface area contributed by atoms with Crippen LogP contribution in [0.4, 0.5) is 5.69 Å². The Hall–Kier alpha value is -2.21. The Kier molecular flexibility index (Phi) is 5.45. The molecule has 5 nitrogen and oxygen atoms in total. The lowest BCUT2D eigenvalue weighted by Crippen LogP contribution is -2.23. The fourth-order valence-corrected chi connectivity index (χ4v) is 2.34. The molecule has 0 spiro atoms. The second-order valence-corrected chi connectivity index (χ2v) is 5.27. The minimum absolute atomic E-state index is 0.00107. The Morgan fingerprint density at radius 2 is 2.19 bits per heavy atom. The van der Waals surface area contributed by atoms with Crippen molar-refractivity contribution in [1.82, 2.24) is 10.3 Å². The van der Waals surface area contributed by atoms with Gasteiger partial charge in [0.25, 0.3) is 5.91 Å². The normalized spacial score (nSPS) is 10.1. The Morgan fingerprint density at radius 1 is 1.33 bits per heavy atom. The van der Waals surface area contributed by atoms with Crippen LogP contribution in [-0.2, 0) is 11.3 Å². The van der Waals surface area contributed by atoms with Gasteiger partial charge in [0, 0.05) is 24.0 Å². The molecule has 0 aliphatic carbocycles. The SMILES string of the molecule is CCCC(=O)Nc1cccc(CNC(=O)c2cscn2)c1. The van der Waals surface area contributed by atoms with Crippen molar-refractivity contribution in [2.45, 2.75) is 26.3 Å². The summed E-state index contributed by atoms with van der Waals surface area (Å²) in [5.41, 5.74) is 3.72. The molecular weight excluding hydrogens is 286 g/mol. The quantitative estimate of drug-likeness (QED) is 0.862. The van der Waals surface area contributed by atoms with Crippen molar-refractivity contribution in [3.63, 3.8) is 0 Å². The minimum Gasteiger partial charge on any atom is -0.347 e. The second-order valence-electron chi connectivity index (χ2n) is 4.55. The zero-order valence-corrected chi connectivity index (χ0v) is 12.6. The Morgan fingerprint density at radius 3 is 2.90 bits per heavy atom. The molecule has 110 valence electrons. The number of carbonyl (C=O) groups is 2. The molecule has 1 aromatic carbocycles. The molecule has 0 fully saturated rings. The molecule has 0 saturated carbocycles. The number of nitrogens with one attached hydrogen (secondary N) is 2. The maximum atomic E-state index is 11.8. The molecule has 1 heterocycles. The molecule has 0 bridgehead atoms. The third kappa shape index (κ3) is 4.68. The van der Waals surface area contributed by atoms with Crippen LogP contribution in [-0.4, -0.2) is 16.8 Å². The van der Waals surface area contributed by atoms with Gasteiger partial charge in [-0.2, -0.15) is 0 Å². The smallest absolute Gasteiger partial charge is 0.271 e. The van der Waals surface area contributed by atoms with Crippen LogP contribution in [0.2, 0.25) is 0 Å². The van der Waals surface area contributed by atoms with Crippen molar-refractivity contribution in [2.75, 3.05) is 5.32 Å². The van der Waals surface area contributed by atoms with Gasteiger partial charge < -0.3 is 10.6 Å². The third-order valence-electron chi connectivity index (χ3n) is 2.81. The van der Waals surface area contributed by atoms with Crippen LogP contribution in [0.25, 0.3) is 0 Å². The number of benzene rings is 1. The van der Waals surface area contributed by atoms with E-state index < -0.39 is 0 Å². The van der Waals surface area contributed by atoms with Crippen molar-refractivity contribution in [3.8, 4) is 0 Å². The number of rotatable bonds is 6. The zero-order valence-electron chi connectivity index (χ0n) is 11.8. The van der Waals surface area contributed by atoms with Gasteiger partial charge in [-0.1, -0.05) is 19.1 Å². The van der Waals surface area contributed by atoms with Crippen molar-refractivity contribution >= 4 is 28.8 Å². The lowest BCUT2D eigenvalue weighted by Gasteiger charge is -2.08. The van der Waals surface area contributed by atoms with Gasteiger partial charge in [-0.15, -0.1) is 11.3 Å². The molecule has 0 aliphatic rings. The summed E-state index contributed by atoms with van der Waals surface area (Å²) in [5, 5.41) is 7.34. The number of hydrogen-bond acceptors (Lipinski definition) is 4. The summed E-state index contributed by atoms with van der Waals surface area (Å²) in [6, 6.07) is 7.44. The highest BCUT2D eigenvalue weighted by atomic mass is 32.1. The molecule has 0 aliphatic heterocycles. The summed E-state index contributed by atoms with van der Waals surface area (Å²) in [6.45, 7) is 2.36. The van der Waals surface area contributed by atoms with Crippen LogP contribution in [0, 0.1) is 0 Å². The van der Waals surface area contributed by atoms with Gasteiger partial charge in [-0.3, -0.25) is 9.59 Å². The summed E-state index contributed by atoms with van der Waals surface area (Å²) in [5.74, 6) is -0.196. The summed E-state index contributed by atoms with van der Waals surface area (Å²) < 4.78 is 0. The summed E-state index contributed by atoms with van der Waals surface area (Å²) in [4.78, 5) is 27.3. The largest absolute Gasteiger partial charge is 0.347 e. The standard InChI is InChI=1S/C15H17N3O2S/c1-2-4-14(19)18-12-6-3-5-11(7-12)8-16-15(20)13-9-21-10-17-13/h3,5-7,9-10H,2,4,8H2,1H3,(H,16,20)(H,18,19). The van der Waals surface area contributed by atoms with Crippen molar-refractivity contribution in [3.05, 3.63) is 46.4 Å². The average molecular weight is 303 g/mol. The number of aromatic nitrogens is 1. The molecule has 2 N–H and O–H groups in total. The highest BCUT2D eigenvalue weighted by Crippen LogP contribution is 2.11. The predicted octanol–water partition coefficient (Wildman–Crippen LogP) is 2.81. The molecule has 0 unspecified atom stereocenters. The van der Waals surface area contributed by atoms with Gasteiger partial charge in [-0.25, -0.2) is 4.98 Å². The zero-order chi connectivity index (χ0) is 15.1. The maximum absolute atomic E-state index is 11.8. The summed E-state index contributed by atoms with van der Waals surface area (Å²) in [6.07, 6.45) is 1.32. The molecule has 21 heavy (non-hydrogen) atoms. The molecule has 2 aromatic rings. The number of thiazole rings is 1. The van der Waals surface area contributed by atoms with E-state index in [0.29, 0.717) is 18.7 Å². The Bertz CT molecular complexity index is 611. The molecule has 2 rings (SSSR count). The fourth-order valence-electron chi connectivity index (χ4n) is 1.81. The highest BCUT2D eigenvalue weighted by Gasteiger charge is 2.07. The van der Waals surface area contributed by atoms with Crippen LogP contribution in [0.15, 0.2) is 35.2 Å². The van der Waals surface area contributed by atoms with Crippen LogP contribution < -0.4 is 10.6 Å². The molecule has 0 saturated heterocycles. The Labute approximate surface area is 127 Å². The van der Waals surface area contributed by atoms with Gasteiger partial charge in [0.1, 0.15) is 5.69 Å². The highest BCUT2D eigenvalue weighted by molar-refractivity contribution is 7.07. The van der Waals surface area contributed by atoms with E-state index in [2.05, 4.69) is 15.6 Å². The van der Waals surface area contributed by atoms with E-state index in [0.717, 1.165) is 17.7 Å². The van der Waals surface area contributed by atoms with Crippen LogP contribution >= 0.6 is 11.3 Å². The summed E-state index contributed by atoms with van der Waals surface area (Å²) >= 11 is 1.38. The van der Waals surface area contributed by atoms with Crippen LogP contribution in [0.5, 0.6) is 0 Å². The molecular formula is C15H17N3O2S. The first-order chi connectivity index (χ1) is 10.2. The third-order valence-corrected chi connectivity index (χ3v) is 3.39. The van der Waals surface area contributed by atoms with Gasteiger partial charge >= 0.3 is 0 Å². The number of anilines is 1. The molecule has 2 amide bonds. The predicted molar refractivity (Wildman–Crippen MR) is 83.3 cm³/mol.